The molecule has 2 aliphatic carbocycles. The van der Waals surface area contributed by atoms with Crippen LogP contribution in [0.5, 0.6) is 0 Å². The van der Waals surface area contributed by atoms with Gasteiger partial charge in [0.05, 0.1) is 0 Å². The topological polar surface area (TPSA) is 134 Å². The number of amides is 4. The van der Waals surface area contributed by atoms with E-state index in [-0.39, 0.29) is 23.2 Å². The number of carbonyl (C=O) groups is 3. The summed E-state index contributed by atoms with van der Waals surface area (Å²) in [5, 5.41) is 2.86. The van der Waals surface area contributed by atoms with Crippen LogP contribution in [0.15, 0.2) is 29.3 Å². The normalized spacial score (nSPS) is 23.5. The van der Waals surface area contributed by atoms with Crippen molar-refractivity contribution in [2.75, 3.05) is 19.6 Å². The molecule has 2 atom stereocenters. The quantitative estimate of drug-likeness (QED) is 0.193. The number of urea groups is 1. The molecular formula is C30H44N6O3. The van der Waals surface area contributed by atoms with Gasteiger partial charge in [-0.3, -0.25) is 14.6 Å². The number of nitrogens with zero attached hydrogens (tertiary/aromatic N) is 3. The van der Waals surface area contributed by atoms with Crippen LogP contribution >= 0.6 is 0 Å². The molecule has 2 heterocycles. The smallest absolute Gasteiger partial charge is 0.325 e. The molecule has 9 nitrogen and oxygen atoms in total. The highest BCUT2D eigenvalue weighted by Gasteiger charge is 2.48. The van der Waals surface area contributed by atoms with Crippen molar-refractivity contribution in [3.05, 3.63) is 35.4 Å². The molecule has 0 radical (unpaired) electrons. The fraction of sp³-hybridized carbons (Fsp3) is 0.667. The summed E-state index contributed by atoms with van der Waals surface area (Å²) in [6, 6.07) is 6.98. The molecule has 2 aliphatic heterocycles. The van der Waals surface area contributed by atoms with Gasteiger partial charge in [0, 0.05) is 19.6 Å². The lowest BCUT2D eigenvalue weighted by atomic mass is 9.73. The number of nitrogens with two attached hydrogens (primary N) is 2. The van der Waals surface area contributed by atoms with E-state index in [9.17, 15) is 14.4 Å². The lowest BCUT2D eigenvalue weighted by Gasteiger charge is -2.42. The second-order valence-electron chi connectivity index (χ2n) is 12.0. The first-order valence-electron chi connectivity index (χ1n) is 14.9. The van der Waals surface area contributed by atoms with Gasteiger partial charge in [-0.15, -0.1) is 0 Å². The van der Waals surface area contributed by atoms with E-state index in [2.05, 4.69) is 34.6 Å². The fourth-order valence-electron chi connectivity index (χ4n) is 7.41. The highest BCUT2D eigenvalue weighted by Crippen LogP contribution is 2.46. The van der Waals surface area contributed by atoms with Gasteiger partial charge in [-0.2, -0.15) is 0 Å². The Balaban J connectivity index is 1.26. The molecule has 1 aromatic carbocycles. The standard InChI is InChI=1S/C30H44N6O3/c31-28(32)33-17-7-6-12-24-26(37)36(29(39)34-24)25(20-21-8-2-1-3-9-21)27(38)35-18-15-30(16-19-35)14-13-22-10-4-5-11-23(22)30/h4-5,10-11,21,24-25H,1-3,6-9,12-20H2,(H,34,39)(H4,31,32,33)/t24-,25-/m1/s1. The van der Waals surface area contributed by atoms with Crippen LogP contribution in [0, 0.1) is 5.92 Å². The number of carbonyl (C=O) groups excluding carboxylic acids is 3. The number of likely N-dealkylation sites (tertiary alicyclic amines) is 1. The maximum absolute atomic E-state index is 14.1. The average Bonchev–Trinajstić information content (AvgIpc) is 3.44. The second-order valence-corrected chi connectivity index (χ2v) is 12.0. The maximum atomic E-state index is 14.1. The van der Waals surface area contributed by atoms with Gasteiger partial charge in [0.2, 0.25) is 5.91 Å². The van der Waals surface area contributed by atoms with Crippen molar-refractivity contribution in [2.45, 2.75) is 101 Å². The first kappa shape index (κ1) is 27.5. The predicted molar refractivity (Wildman–Crippen MR) is 151 cm³/mol. The summed E-state index contributed by atoms with van der Waals surface area (Å²) in [6.07, 6.45) is 12.2. The number of piperidine rings is 1. The number of aliphatic imine (C=N–C) groups is 1. The van der Waals surface area contributed by atoms with Crippen molar-refractivity contribution >= 4 is 23.8 Å². The largest absolute Gasteiger partial charge is 0.370 e. The molecule has 2 saturated heterocycles. The minimum atomic E-state index is -0.725. The fourth-order valence-corrected chi connectivity index (χ4v) is 7.41. The Bertz CT molecular complexity index is 1090. The van der Waals surface area contributed by atoms with Crippen molar-refractivity contribution < 1.29 is 14.4 Å². The molecule has 1 aromatic rings. The van der Waals surface area contributed by atoms with Crippen LogP contribution in [0.2, 0.25) is 0 Å². The summed E-state index contributed by atoms with van der Waals surface area (Å²) in [6.45, 7) is 1.84. The number of unbranched alkanes of at least 4 members (excludes halogenated alkanes) is 1. The number of benzene rings is 1. The number of hydrogen-bond donors (Lipinski definition) is 3. The Morgan fingerprint density at radius 1 is 1.05 bits per heavy atom. The van der Waals surface area contributed by atoms with Gasteiger partial charge in [0.1, 0.15) is 12.1 Å². The Morgan fingerprint density at radius 3 is 2.54 bits per heavy atom. The van der Waals surface area contributed by atoms with E-state index in [0.29, 0.717) is 44.8 Å². The molecule has 0 unspecified atom stereocenters. The van der Waals surface area contributed by atoms with Gasteiger partial charge in [-0.25, -0.2) is 9.69 Å². The van der Waals surface area contributed by atoms with Gasteiger partial charge in [0.25, 0.3) is 5.91 Å². The molecule has 9 heteroatoms. The number of guanidine groups is 1. The Morgan fingerprint density at radius 2 is 1.79 bits per heavy atom. The lowest BCUT2D eigenvalue weighted by molar-refractivity contribution is -0.144. The molecule has 4 amide bonds. The molecule has 4 aliphatic rings. The molecule has 1 spiro atoms. The summed E-state index contributed by atoms with van der Waals surface area (Å²) in [5.74, 6) is 0.0915. The van der Waals surface area contributed by atoms with E-state index in [0.717, 1.165) is 57.8 Å². The number of imide groups is 1. The Hall–Kier alpha value is -3.10. The van der Waals surface area contributed by atoms with Crippen molar-refractivity contribution in [1.82, 2.24) is 15.1 Å². The van der Waals surface area contributed by atoms with Gasteiger partial charge in [-0.05, 0) is 73.8 Å². The molecule has 39 heavy (non-hydrogen) atoms. The summed E-state index contributed by atoms with van der Waals surface area (Å²) >= 11 is 0. The van der Waals surface area contributed by atoms with Crippen LogP contribution in [-0.2, 0) is 21.4 Å². The zero-order valence-corrected chi connectivity index (χ0v) is 23.1. The van der Waals surface area contributed by atoms with Crippen molar-refractivity contribution in [1.29, 1.82) is 0 Å². The van der Waals surface area contributed by atoms with E-state index < -0.39 is 18.1 Å². The van der Waals surface area contributed by atoms with Crippen LogP contribution < -0.4 is 16.8 Å². The third-order valence-corrected chi connectivity index (χ3v) is 9.62. The number of nitrogens with one attached hydrogen (secondary N) is 1. The number of fused-ring (bicyclic) bond motifs is 2. The molecule has 1 saturated carbocycles. The van der Waals surface area contributed by atoms with Gasteiger partial charge >= 0.3 is 6.03 Å². The molecule has 5 N–H and O–H groups in total. The van der Waals surface area contributed by atoms with Crippen LogP contribution in [0.3, 0.4) is 0 Å². The average molecular weight is 537 g/mol. The Kier molecular flexibility index (Phi) is 8.43. The van der Waals surface area contributed by atoms with E-state index in [1.54, 1.807) is 0 Å². The maximum Gasteiger partial charge on any atom is 0.325 e. The van der Waals surface area contributed by atoms with E-state index >= 15 is 0 Å². The van der Waals surface area contributed by atoms with Crippen LogP contribution in [-0.4, -0.2) is 65.3 Å². The first-order valence-corrected chi connectivity index (χ1v) is 14.9. The molecule has 0 aromatic heterocycles. The van der Waals surface area contributed by atoms with Gasteiger partial charge < -0.3 is 21.7 Å². The number of hydrogen-bond acceptors (Lipinski definition) is 4. The first-order chi connectivity index (χ1) is 18.9. The molecule has 0 bridgehead atoms. The highest BCUT2D eigenvalue weighted by atomic mass is 16.2. The van der Waals surface area contributed by atoms with Crippen LogP contribution in [0.25, 0.3) is 0 Å². The van der Waals surface area contributed by atoms with Gasteiger partial charge in [0.15, 0.2) is 5.96 Å². The summed E-state index contributed by atoms with van der Waals surface area (Å²) < 4.78 is 0. The third kappa shape index (κ3) is 5.92. The monoisotopic (exact) mass is 536 g/mol. The van der Waals surface area contributed by atoms with E-state index in [1.807, 2.05) is 4.90 Å². The minimum Gasteiger partial charge on any atom is -0.370 e. The Labute approximate surface area is 231 Å². The van der Waals surface area contributed by atoms with Gasteiger partial charge in [-0.1, -0.05) is 56.4 Å². The molecule has 5 rings (SSSR count). The lowest BCUT2D eigenvalue weighted by Crippen LogP contribution is -2.55. The highest BCUT2D eigenvalue weighted by molar-refractivity contribution is 6.07. The summed E-state index contributed by atoms with van der Waals surface area (Å²) in [7, 11) is 0. The van der Waals surface area contributed by atoms with Crippen molar-refractivity contribution in [2.24, 2.45) is 22.4 Å². The van der Waals surface area contributed by atoms with Crippen molar-refractivity contribution in [3.8, 4) is 0 Å². The third-order valence-electron chi connectivity index (χ3n) is 9.62. The molecule has 212 valence electrons. The number of rotatable bonds is 9. The predicted octanol–water partition coefficient (Wildman–Crippen LogP) is 3.20. The number of aryl methyl sites for hydroxylation is 1. The SMILES string of the molecule is NC(N)=NCCCC[C@H]1NC(=O)N([C@H](CC2CCCCC2)C(=O)N2CCC3(CCc4ccccc43)CC2)C1=O. The van der Waals surface area contributed by atoms with Crippen LogP contribution in [0.1, 0.15) is 88.2 Å². The summed E-state index contributed by atoms with van der Waals surface area (Å²) in [5.41, 5.74) is 13.8. The van der Waals surface area contributed by atoms with E-state index in [4.69, 9.17) is 11.5 Å². The molecular weight excluding hydrogens is 492 g/mol. The zero-order valence-electron chi connectivity index (χ0n) is 23.1. The van der Waals surface area contributed by atoms with Crippen molar-refractivity contribution in [3.63, 3.8) is 0 Å². The van der Waals surface area contributed by atoms with Crippen LogP contribution in [0.4, 0.5) is 4.79 Å². The summed E-state index contributed by atoms with van der Waals surface area (Å²) in [4.78, 5) is 47.9. The zero-order chi connectivity index (χ0) is 27.4. The van der Waals surface area contributed by atoms with E-state index in [1.165, 1.54) is 22.4 Å². The second kappa shape index (κ2) is 12.0. The molecule has 3 fully saturated rings. The minimum absolute atomic E-state index is 0.0521.